The van der Waals surface area contributed by atoms with Gasteiger partial charge in [0.1, 0.15) is 0 Å². The Labute approximate surface area is 133 Å². The van der Waals surface area contributed by atoms with Crippen LogP contribution in [-0.4, -0.2) is 31.6 Å². The van der Waals surface area contributed by atoms with Gasteiger partial charge in [-0.2, -0.15) is 0 Å². The molecule has 1 N–H and O–H groups in total. The Bertz CT molecular complexity index is 402. The number of hydrogen-bond donors (Lipinski definition) is 1. The van der Waals surface area contributed by atoms with Crippen LogP contribution in [-0.2, 0) is 6.54 Å². The number of rotatable bonds is 8. The number of halogens is 1. The SMILES string of the molecule is CC(C)CNCC(C)(C)CN(C)Cc1cccc(Br)c1. The molecule has 0 spiro atoms. The van der Waals surface area contributed by atoms with Crippen molar-refractivity contribution in [2.75, 3.05) is 26.7 Å². The van der Waals surface area contributed by atoms with Crippen LogP contribution in [0, 0.1) is 11.3 Å². The molecule has 0 saturated carbocycles. The minimum absolute atomic E-state index is 0.287. The van der Waals surface area contributed by atoms with Crippen LogP contribution in [0.3, 0.4) is 0 Å². The van der Waals surface area contributed by atoms with Crippen molar-refractivity contribution in [1.82, 2.24) is 10.2 Å². The van der Waals surface area contributed by atoms with E-state index in [1.165, 1.54) is 5.56 Å². The molecule has 1 aromatic carbocycles. The third kappa shape index (κ3) is 7.41. The zero-order chi connectivity index (χ0) is 15.2. The van der Waals surface area contributed by atoms with Gasteiger partial charge in [0.05, 0.1) is 0 Å². The summed E-state index contributed by atoms with van der Waals surface area (Å²) in [6.07, 6.45) is 0. The van der Waals surface area contributed by atoms with Gasteiger partial charge in [-0.1, -0.05) is 55.8 Å². The second-order valence-electron chi connectivity index (χ2n) is 6.99. The highest BCUT2D eigenvalue weighted by Gasteiger charge is 2.19. The third-order valence-electron chi connectivity index (χ3n) is 3.20. The molecule has 1 rings (SSSR count). The molecule has 1 aromatic rings. The smallest absolute Gasteiger partial charge is 0.0231 e. The molecule has 0 aromatic heterocycles. The maximum absolute atomic E-state index is 3.57. The van der Waals surface area contributed by atoms with Crippen LogP contribution in [0.15, 0.2) is 28.7 Å². The van der Waals surface area contributed by atoms with Crippen molar-refractivity contribution in [3.63, 3.8) is 0 Å². The summed E-state index contributed by atoms with van der Waals surface area (Å²) in [7, 11) is 2.20. The lowest BCUT2D eigenvalue weighted by Crippen LogP contribution is -2.39. The summed E-state index contributed by atoms with van der Waals surface area (Å²) in [6.45, 7) is 13.4. The van der Waals surface area contributed by atoms with Gasteiger partial charge >= 0.3 is 0 Å². The van der Waals surface area contributed by atoms with E-state index in [1.54, 1.807) is 0 Å². The standard InChI is InChI=1S/C17H29BrN2/c1-14(2)10-19-12-17(3,4)13-20(5)11-15-7-6-8-16(18)9-15/h6-9,14,19H,10-13H2,1-5H3. The summed E-state index contributed by atoms with van der Waals surface area (Å²) in [6, 6.07) is 8.55. The molecule has 0 bridgehead atoms. The summed E-state index contributed by atoms with van der Waals surface area (Å²) >= 11 is 3.53. The average Bonchev–Trinajstić information content (AvgIpc) is 2.26. The molecule has 20 heavy (non-hydrogen) atoms. The molecule has 0 radical (unpaired) electrons. The van der Waals surface area contributed by atoms with E-state index in [1.807, 2.05) is 0 Å². The quantitative estimate of drug-likeness (QED) is 0.764. The van der Waals surface area contributed by atoms with E-state index >= 15 is 0 Å². The fourth-order valence-corrected chi connectivity index (χ4v) is 2.94. The monoisotopic (exact) mass is 340 g/mol. The maximum Gasteiger partial charge on any atom is 0.0231 e. The van der Waals surface area contributed by atoms with Crippen molar-refractivity contribution in [1.29, 1.82) is 0 Å². The predicted molar refractivity (Wildman–Crippen MR) is 92.0 cm³/mol. The Morgan fingerprint density at radius 2 is 2.00 bits per heavy atom. The molecule has 0 heterocycles. The van der Waals surface area contributed by atoms with Gasteiger partial charge in [0.2, 0.25) is 0 Å². The fourth-order valence-electron chi connectivity index (χ4n) is 2.49. The first kappa shape index (κ1) is 17.7. The van der Waals surface area contributed by atoms with Crippen LogP contribution in [0.4, 0.5) is 0 Å². The van der Waals surface area contributed by atoms with Crippen LogP contribution >= 0.6 is 15.9 Å². The van der Waals surface area contributed by atoms with Crippen LogP contribution in [0.1, 0.15) is 33.3 Å². The van der Waals surface area contributed by atoms with E-state index in [0.717, 1.165) is 30.7 Å². The van der Waals surface area contributed by atoms with Crippen molar-refractivity contribution in [3.8, 4) is 0 Å². The van der Waals surface area contributed by atoms with Gasteiger partial charge < -0.3 is 10.2 Å². The van der Waals surface area contributed by atoms with Crippen molar-refractivity contribution < 1.29 is 0 Å². The minimum Gasteiger partial charge on any atom is -0.316 e. The summed E-state index contributed by atoms with van der Waals surface area (Å²) in [5.41, 5.74) is 1.64. The molecule has 0 aliphatic carbocycles. The zero-order valence-corrected chi connectivity index (χ0v) is 15.1. The van der Waals surface area contributed by atoms with Gasteiger partial charge in [0.15, 0.2) is 0 Å². The number of nitrogens with one attached hydrogen (secondary N) is 1. The highest BCUT2D eigenvalue weighted by molar-refractivity contribution is 9.10. The van der Waals surface area contributed by atoms with Gasteiger partial charge in [-0.05, 0) is 42.6 Å². The molecule has 3 heteroatoms. The fraction of sp³-hybridized carbons (Fsp3) is 0.647. The van der Waals surface area contributed by atoms with Crippen molar-refractivity contribution >= 4 is 15.9 Å². The Morgan fingerprint density at radius 3 is 2.60 bits per heavy atom. The molecule has 0 fully saturated rings. The van der Waals surface area contributed by atoms with Crippen LogP contribution < -0.4 is 5.32 Å². The first-order valence-corrected chi connectivity index (χ1v) is 8.21. The highest BCUT2D eigenvalue weighted by atomic mass is 79.9. The van der Waals surface area contributed by atoms with Crippen molar-refractivity contribution in [2.45, 2.75) is 34.2 Å². The van der Waals surface area contributed by atoms with E-state index < -0.39 is 0 Å². The maximum atomic E-state index is 3.57. The van der Waals surface area contributed by atoms with E-state index in [-0.39, 0.29) is 5.41 Å². The van der Waals surface area contributed by atoms with E-state index in [2.05, 4.69) is 85.2 Å². The molecular weight excluding hydrogens is 312 g/mol. The number of benzene rings is 1. The van der Waals surface area contributed by atoms with Crippen molar-refractivity contribution in [2.24, 2.45) is 11.3 Å². The van der Waals surface area contributed by atoms with Crippen molar-refractivity contribution in [3.05, 3.63) is 34.3 Å². The lowest BCUT2D eigenvalue weighted by Gasteiger charge is -2.31. The number of nitrogens with zero attached hydrogens (tertiary/aromatic N) is 1. The molecule has 0 amide bonds. The summed E-state index contributed by atoms with van der Waals surface area (Å²) in [5.74, 6) is 0.713. The second kappa shape index (κ2) is 8.16. The molecule has 2 nitrogen and oxygen atoms in total. The van der Waals surface area contributed by atoms with Crippen LogP contribution in [0.25, 0.3) is 0 Å². The molecule has 0 unspecified atom stereocenters. The molecular formula is C17H29BrN2. The van der Waals surface area contributed by atoms with Crippen LogP contribution in [0.2, 0.25) is 0 Å². The van der Waals surface area contributed by atoms with Crippen LogP contribution in [0.5, 0.6) is 0 Å². The first-order valence-electron chi connectivity index (χ1n) is 7.42. The lowest BCUT2D eigenvalue weighted by atomic mass is 9.92. The first-order chi connectivity index (χ1) is 9.28. The lowest BCUT2D eigenvalue weighted by molar-refractivity contribution is 0.197. The second-order valence-corrected chi connectivity index (χ2v) is 7.91. The summed E-state index contributed by atoms with van der Waals surface area (Å²) in [5, 5.41) is 3.57. The van der Waals surface area contributed by atoms with E-state index in [9.17, 15) is 0 Å². The average molecular weight is 341 g/mol. The van der Waals surface area contributed by atoms with E-state index in [0.29, 0.717) is 5.92 Å². The largest absolute Gasteiger partial charge is 0.316 e. The Hall–Kier alpha value is -0.380. The molecule has 0 aliphatic heterocycles. The summed E-state index contributed by atoms with van der Waals surface area (Å²) in [4.78, 5) is 2.40. The zero-order valence-electron chi connectivity index (χ0n) is 13.5. The highest BCUT2D eigenvalue weighted by Crippen LogP contribution is 2.18. The predicted octanol–water partition coefficient (Wildman–Crippen LogP) is 4.15. The van der Waals surface area contributed by atoms with E-state index in [4.69, 9.17) is 0 Å². The van der Waals surface area contributed by atoms with Gasteiger partial charge in [-0.25, -0.2) is 0 Å². The van der Waals surface area contributed by atoms with Gasteiger partial charge in [0.25, 0.3) is 0 Å². The molecule has 0 aliphatic rings. The Balaban J connectivity index is 2.41. The Morgan fingerprint density at radius 1 is 1.30 bits per heavy atom. The normalized spacial score (nSPS) is 12.4. The van der Waals surface area contributed by atoms with Gasteiger partial charge in [0, 0.05) is 24.1 Å². The Kier molecular flexibility index (Phi) is 7.21. The molecule has 0 atom stereocenters. The molecule has 114 valence electrons. The third-order valence-corrected chi connectivity index (χ3v) is 3.69. The summed E-state index contributed by atoms with van der Waals surface area (Å²) < 4.78 is 1.15. The molecule has 0 saturated heterocycles. The number of hydrogen-bond acceptors (Lipinski definition) is 2. The minimum atomic E-state index is 0.287. The van der Waals surface area contributed by atoms with Gasteiger partial charge in [-0.15, -0.1) is 0 Å². The van der Waals surface area contributed by atoms with Gasteiger partial charge in [-0.3, -0.25) is 0 Å². The topological polar surface area (TPSA) is 15.3 Å².